The average Bonchev–Trinajstić information content (AvgIpc) is 1.51. The Morgan fingerprint density at radius 2 is 0.485 bits per heavy atom. The smallest absolute Gasteiger partial charge is 0.0725 e. The molecule has 18 aromatic rings. The number of para-hydroxylation sites is 2. The molecule has 2 aromatic heterocycles. The summed E-state index contributed by atoms with van der Waals surface area (Å²) < 4.78 is 4.85. The fourth-order valence-electron chi connectivity index (χ4n) is 16.7. The largest absolute Gasteiger partial charge is 0.309 e. The molecule has 0 saturated carbocycles. The molecule has 0 amide bonds. The minimum atomic E-state index is -0.489. The molecule has 0 fully saturated rings. The first-order chi connectivity index (χ1) is 49.1. The van der Waals surface area contributed by atoms with E-state index in [2.05, 4.69) is 385 Å². The zero-order chi connectivity index (χ0) is 65.1. The van der Waals surface area contributed by atoms with Crippen molar-refractivity contribution in [1.29, 1.82) is 0 Å². The summed E-state index contributed by atoms with van der Waals surface area (Å²) in [5.74, 6) is 0. The number of hydrogen-bond acceptors (Lipinski definition) is 0. The van der Waals surface area contributed by atoms with Gasteiger partial charge in [0.15, 0.2) is 0 Å². The third-order valence-electron chi connectivity index (χ3n) is 21.4. The Morgan fingerprint density at radius 3 is 0.889 bits per heavy atom. The van der Waals surface area contributed by atoms with Gasteiger partial charge in [0.1, 0.15) is 0 Å². The predicted octanol–water partition coefficient (Wildman–Crippen LogP) is 25.5. The normalized spacial score (nSPS) is 12.8. The highest BCUT2D eigenvalue weighted by atomic mass is 15.0. The monoisotopic (exact) mass is 1250 g/mol. The van der Waals surface area contributed by atoms with E-state index in [4.69, 9.17) is 0 Å². The second kappa shape index (κ2) is 22.6. The summed E-state index contributed by atoms with van der Waals surface area (Å²) in [4.78, 5) is 0. The number of nitrogens with zero attached hydrogens (tertiary/aromatic N) is 2. The first kappa shape index (κ1) is 56.5. The maximum Gasteiger partial charge on any atom is 0.0725 e. The summed E-state index contributed by atoms with van der Waals surface area (Å²) in [6.45, 7) is 0. The van der Waals surface area contributed by atoms with Crippen LogP contribution in [-0.4, -0.2) is 9.13 Å². The summed E-state index contributed by atoms with van der Waals surface area (Å²) in [6, 6.07) is 131. The predicted molar refractivity (Wildman–Crippen MR) is 419 cm³/mol. The molecule has 2 aliphatic carbocycles. The molecule has 460 valence electrons. The second-order valence-corrected chi connectivity index (χ2v) is 26.7. The van der Waals surface area contributed by atoms with Crippen LogP contribution in [0.5, 0.6) is 0 Å². The van der Waals surface area contributed by atoms with Crippen LogP contribution in [0.2, 0.25) is 0 Å². The van der Waals surface area contributed by atoms with Crippen LogP contribution in [0.15, 0.2) is 352 Å². The van der Waals surface area contributed by atoms with Gasteiger partial charge in [-0.2, -0.15) is 0 Å². The van der Waals surface area contributed by atoms with E-state index in [0.717, 1.165) is 22.3 Å². The van der Waals surface area contributed by atoms with Crippen molar-refractivity contribution in [1.82, 2.24) is 9.13 Å². The molecular weight excluding hydrogens is 1190 g/mol. The summed E-state index contributed by atoms with van der Waals surface area (Å²) in [5.41, 5.74) is 31.5. The first-order valence-corrected chi connectivity index (χ1v) is 34.4. The Bertz CT molecular complexity index is 5970. The molecule has 20 rings (SSSR count). The molecule has 2 aliphatic rings. The molecule has 0 saturated heterocycles. The van der Waals surface area contributed by atoms with Crippen molar-refractivity contribution in [2.24, 2.45) is 0 Å². The highest BCUT2D eigenvalue weighted by molar-refractivity contribution is 6.13. The van der Waals surface area contributed by atoms with Crippen LogP contribution in [0.25, 0.3) is 168 Å². The zero-order valence-electron chi connectivity index (χ0n) is 54.2. The molecule has 2 heteroatoms. The lowest BCUT2D eigenvalue weighted by atomic mass is 9.70. The quantitative estimate of drug-likeness (QED) is 0.121. The van der Waals surface area contributed by atoms with Gasteiger partial charge in [0.05, 0.1) is 38.9 Å². The van der Waals surface area contributed by atoms with Crippen LogP contribution in [0.4, 0.5) is 0 Å². The molecular formula is C97H62N2. The fraction of sp³-hybridized carbons (Fsp3) is 0.0103. The van der Waals surface area contributed by atoms with E-state index in [1.54, 1.807) is 0 Å². The van der Waals surface area contributed by atoms with E-state index in [1.165, 1.54) is 166 Å². The van der Waals surface area contributed by atoms with E-state index >= 15 is 0 Å². The summed E-state index contributed by atoms with van der Waals surface area (Å²) in [6.07, 6.45) is 8.90. The van der Waals surface area contributed by atoms with Gasteiger partial charge < -0.3 is 9.13 Å². The van der Waals surface area contributed by atoms with Gasteiger partial charge in [-0.25, -0.2) is 0 Å². The van der Waals surface area contributed by atoms with Gasteiger partial charge in [-0.3, -0.25) is 0 Å². The van der Waals surface area contributed by atoms with Crippen LogP contribution < -0.4 is 0 Å². The molecule has 0 N–H and O–H groups in total. The van der Waals surface area contributed by atoms with Crippen molar-refractivity contribution < 1.29 is 0 Å². The highest BCUT2D eigenvalue weighted by Crippen LogP contribution is 2.63. The molecule has 99 heavy (non-hydrogen) atoms. The highest BCUT2D eigenvalue weighted by Gasteiger charge is 2.52. The Balaban J connectivity index is 0.560. The van der Waals surface area contributed by atoms with Crippen LogP contribution in [-0.2, 0) is 5.41 Å². The van der Waals surface area contributed by atoms with E-state index in [0.29, 0.717) is 0 Å². The SMILES string of the molecule is C(=C\c1ccc(-c2ccc3c(c2)c2ccccc2n3-c2cccc3ccccc23)cc1)/c1ccc(-c2ccc3c(c2)C2(c4ccccc4-c4ccccc42)c2cc(-c4ccc(/C=C/c5ccc(-c6ccc7c(c6)c6ccccc6n7-c6cccc7ccccc67)cc5)cc4)ccc2-3)cc1. The van der Waals surface area contributed by atoms with Gasteiger partial charge in [-0.1, -0.05) is 315 Å². The van der Waals surface area contributed by atoms with Gasteiger partial charge in [0, 0.05) is 32.3 Å². The molecule has 0 radical (unpaired) electrons. The van der Waals surface area contributed by atoms with Crippen LogP contribution in [0.3, 0.4) is 0 Å². The number of aromatic nitrogens is 2. The third-order valence-corrected chi connectivity index (χ3v) is 21.4. The first-order valence-electron chi connectivity index (χ1n) is 34.4. The van der Waals surface area contributed by atoms with Crippen molar-refractivity contribution in [2.75, 3.05) is 0 Å². The van der Waals surface area contributed by atoms with Gasteiger partial charge in [-0.05, 0) is 183 Å². The number of rotatable bonds is 10. The van der Waals surface area contributed by atoms with Gasteiger partial charge >= 0.3 is 0 Å². The Kier molecular flexibility index (Phi) is 12.9. The molecule has 1 spiro atoms. The van der Waals surface area contributed by atoms with Crippen LogP contribution in [0, 0.1) is 0 Å². The molecule has 16 aromatic carbocycles. The van der Waals surface area contributed by atoms with E-state index in [9.17, 15) is 0 Å². The van der Waals surface area contributed by atoms with Gasteiger partial charge in [0.25, 0.3) is 0 Å². The standard InChI is InChI=1S/C97H62N2/c1-3-19-77-71(15-1)17-13-29-91(77)98-93-27-11-7-23-83(93)85-59-73(53-57-95(85)98)67-43-35-63(36-44-67)31-33-65-39-47-69(48-40-65)75-51-55-81-82-56-52-76(62-90(82)97(89(81)61-75)87-25-9-5-21-79(87)80-22-6-10-26-88(80)97)70-49-41-66(42-50-70)34-32-64-37-45-68(46-38-64)74-54-58-96-86(60-74)84-24-8-12-28-94(84)99(96)92-30-14-18-72-16-2-4-20-78(72)92/h1-62H/b33-31+,34-32+. The average molecular weight is 1260 g/mol. The third kappa shape index (κ3) is 9.04. The molecule has 2 heterocycles. The van der Waals surface area contributed by atoms with Crippen LogP contribution >= 0.6 is 0 Å². The lowest BCUT2D eigenvalue weighted by Gasteiger charge is -2.31. The number of benzene rings is 16. The Morgan fingerprint density at radius 1 is 0.192 bits per heavy atom. The Labute approximate surface area is 574 Å². The number of hydrogen-bond donors (Lipinski definition) is 0. The lowest BCUT2D eigenvalue weighted by molar-refractivity contribution is 0.794. The fourth-order valence-corrected chi connectivity index (χ4v) is 16.7. The molecule has 0 aliphatic heterocycles. The minimum absolute atomic E-state index is 0.489. The number of fused-ring (bicyclic) bond motifs is 18. The van der Waals surface area contributed by atoms with Crippen molar-refractivity contribution in [3.05, 3.63) is 396 Å². The van der Waals surface area contributed by atoms with Crippen molar-refractivity contribution in [2.45, 2.75) is 5.41 Å². The zero-order valence-corrected chi connectivity index (χ0v) is 54.2. The Hall–Kier alpha value is -12.9. The van der Waals surface area contributed by atoms with Gasteiger partial charge in [-0.15, -0.1) is 0 Å². The lowest BCUT2D eigenvalue weighted by Crippen LogP contribution is -2.26. The summed E-state index contributed by atoms with van der Waals surface area (Å²) >= 11 is 0. The molecule has 2 nitrogen and oxygen atoms in total. The van der Waals surface area contributed by atoms with Gasteiger partial charge in [0.2, 0.25) is 0 Å². The van der Waals surface area contributed by atoms with E-state index < -0.39 is 5.41 Å². The topological polar surface area (TPSA) is 9.86 Å². The van der Waals surface area contributed by atoms with Crippen molar-refractivity contribution in [3.63, 3.8) is 0 Å². The second-order valence-electron chi connectivity index (χ2n) is 26.7. The maximum absolute atomic E-state index is 2.49. The van der Waals surface area contributed by atoms with Crippen molar-refractivity contribution in [3.8, 4) is 78.1 Å². The summed E-state index contributed by atoms with van der Waals surface area (Å²) in [5, 5.41) is 9.99. The summed E-state index contributed by atoms with van der Waals surface area (Å²) in [7, 11) is 0. The molecule has 0 bridgehead atoms. The molecule has 0 atom stereocenters. The minimum Gasteiger partial charge on any atom is -0.309 e. The van der Waals surface area contributed by atoms with Crippen molar-refractivity contribution >= 4 is 89.5 Å². The van der Waals surface area contributed by atoms with Crippen LogP contribution in [0.1, 0.15) is 44.5 Å². The van der Waals surface area contributed by atoms with E-state index in [-0.39, 0.29) is 0 Å². The molecule has 0 unspecified atom stereocenters. The van der Waals surface area contributed by atoms with E-state index in [1.807, 2.05) is 0 Å². The maximum atomic E-state index is 2.49.